The van der Waals surface area contributed by atoms with E-state index in [4.69, 9.17) is 0 Å². The number of fused-ring (bicyclic) bond motifs is 18. The van der Waals surface area contributed by atoms with E-state index in [0.29, 0.717) is 0 Å². The lowest BCUT2D eigenvalue weighted by molar-refractivity contribution is 0.590. The fraction of sp³-hybridized carbons (Fsp3) is 0.130. The van der Waals surface area contributed by atoms with Crippen molar-refractivity contribution in [2.45, 2.75) is 57.8 Å². The molecule has 0 amide bonds. The van der Waals surface area contributed by atoms with Crippen LogP contribution >= 0.6 is 0 Å². The van der Waals surface area contributed by atoms with Gasteiger partial charge in [0.1, 0.15) is 0 Å². The van der Waals surface area contributed by atoms with E-state index in [1.807, 2.05) is 0 Å². The first-order valence-electron chi connectivity index (χ1n) is 26.4. The van der Waals surface area contributed by atoms with Crippen molar-refractivity contribution >= 4 is 101 Å². The molecule has 16 rings (SSSR count). The number of hydrogen-bond donors (Lipinski definition) is 0. The molecule has 0 bridgehead atoms. The van der Waals surface area contributed by atoms with Crippen molar-refractivity contribution in [3.8, 4) is 11.4 Å². The van der Waals surface area contributed by atoms with Crippen molar-refractivity contribution in [2.24, 2.45) is 0 Å². The predicted octanol–water partition coefficient (Wildman–Crippen LogP) is 15.6. The highest BCUT2D eigenvalue weighted by molar-refractivity contribution is 7.00. The highest BCUT2D eigenvalue weighted by Gasteiger charge is 2.55. The summed E-state index contributed by atoms with van der Waals surface area (Å²) in [5.41, 5.74) is 25.7. The number of para-hydroxylation sites is 7. The topological polar surface area (TPSA) is 16.3 Å². The van der Waals surface area contributed by atoms with Crippen LogP contribution in [0.4, 0.5) is 34.1 Å². The van der Waals surface area contributed by atoms with Crippen LogP contribution in [0, 0.1) is 0 Å². The average Bonchev–Trinajstić information content (AvgIpc) is 3.94. The molecule has 0 aliphatic carbocycles. The lowest BCUT2D eigenvalue weighted by atomic mass is 9.32. The molecule has 1 atom stereocenters. The second-order valence-electron chi connectivity index (χ2n) is 23.3. The summed E-state index contributed by atoms with van der Waals surface area (Å²) in [7, 11) is 0. The fourth-order valence-corrected chi connectivity index (χ4v) is 14.2. The minimum atomic E-state index is -0.644. The zero-order valence-electron chi connectivity index (χ0n) is 42.6. The van der Waals surface area contributed by atoms with Crippen LogP contribution in [0.3, 0.4) is 0 Å². The molecular formula is C69H53BN4. The summed E-state index contributed by atoms with van der Waals surface area (Å²) in [4.78, 5) is 5.27. The normalized spacial score (nSPS) is 15.9. The Labute approximate surface area is 432 Å². The van der Waals surface area contributed by atoms with Crippen molar-refractivity contribution in [1.82, 2.24) is 9.13 Å². The molecule has 1 spiro atoms. The maximum absolute atomic E-state index is 2.68. The zero-order valence-corrected chi connectivity index (χ0v) is 42.6. The highest BCUT2D eigenvalue weighted by atomic mass is 15.2. The molecule has 4 nitrogen and oxygen atoms in total. The van der Waals surface area contributed by atoms with Gasteiger partial charge in [-0.15, -0.1) is 0 Å². The minimum absolute atomic E-state index is 0.0159. The molecular weight excluding hydrogens is 896 g/mol. The van der Waals surface area contributed by atoms with Crippen LogP contribution in [-0.4, -0.2) is 15.8 Å². The molecule has 10 aromatic carbocycles. The van der Waals surface area contributed by atoms with Gasteiger partial charge in [-0.2, -0.15) is 0 Å². The van der Waals surface area contributed by atoms with Gasteiger partial charge in [0.25, 0.3) is 6.71 Å². The Morgan fingerprint density at radius 2 is 0.865 bits per heavy atom. The molecule has 6 heterocycles. The summed E-state index contributed by atoms with van der Waals surface area (Å²) in [5.74, 6) is 0. The van der Waals surface area contributed by atoms with Crippen LogP contribution in [0.5, 0.6) is 0 Å². The van der Waals surface area contributed by atoms with Crippen molar-refractivity contribution in [3.63, 3.8) is 0 Å². The average molecular weight is 949 g/mol. The molecule has 0 saturated heterocycles. The van der Waals surface area contributed by atoms with E-state index in [-0.39, 0.29) is 17.5 Å². The molecule has 0 N–H and O–H groups in total. The Hall–Kier alpha value is -8.54. The highest BCUT2D eigenvalue weighted by Crippen LogP contribution is 2.62. The Balaban J connectivity index is 1.07. The smallest absolute Gasteiger partial charge is 0.252 e. The van der Waals surface area contributed by atoms with Gasteiger partial charge in [0.15, 0.2) is 0 Å². The van der Waals surface area contributed by atoms with Crippen LogP contribution in [0.1, 0.15) is 74.9 Å². The van der Waals surface area contributed by atoms with Gasteiger partial charge in [-0.3, -0.25) is 0 Å². The van der Waals surface area contributed by atoms with Crippen molar-refractivity contribution < 1.29 is 0 Å². The summed E-state index contributed by atoms with van der Waals surface area (Å²) >= 11 is 0. The molecule has 1 unspecified atom stereocenters. The summed E-state index contributed by atoms with van der Waals surface area (Å²) in [6.45, 7) is 13.9. The first-order chi connectivity index (χ1) is 36.0. The number of aromatic nitrogens is 2. The maximum atomic E-state index is 2.68. The number of rotatable bonds is 2. The van der Waals surface area contributed by atoms with Gasteiger partial charge in [0.05, 0.1) is 44.5 Å². The van der Waals surface area contributed by atoms with E-state index in [0.717, 1.165) is 11.4 Å². The minimum Gasteiger partial charge on any atom is -0.311 e. The summed E-state index contributed by atoms with van der Waals surface area (Å²) < 4.78 is 5.07. The van der Waals surface area contributed by atoms with Crippen LogP contribution in [0.25, 0.3) is 55.0 Å². The van der Waals surface area contributed by atoms with Gasteiger partial charge >= 0.3 is 0 Å². The van der Waals surface area contributed by atoms with Gasteiger partial charge < -0.3 is 18.9 Å². The van der Waals surface area contributed by atoms with Crippen LogP contribution < -0.4 is 26.2 Å². The summed E-state index contributed by atoms with van der Waals surface area (Å²) in [5, 5.41) is 5.07. The van der Waals surface area contributed by atoms with Crippen LogP contribution in [-0.2, 0) is 16.2 Å². The molecule has 0 saturated carbocycles. The monoisotopic (exact) mass is 948 g/mol. The van der Waals surface area contributed by atoms with Crippen molar-refractivity contribution in [1.29, 1.82) is 0 Å². The zero-order chi connectivity index (χ0) is 49.6. The number of anilines is 6. The van der Waals surface area contributed by atoms with E-state index in [2.05, 4.69) is 273 Å². The van der Waals surface area contributed by atoms with E-state index >= 15 is 0 Å². The Morgan fingerprint density at radius 3 is 1.54 bits per heavy atom. The molecule has 352 valence electrons. The lowest BCUT2D eigenvalue weighted by Gasteiger charge is -2.52. The molecule has 0 radical (unpaired) electrons. The van der Waals surface area contributed by atoms with E-state index in [9.17, 15) is 0 Å². The molecule has 0 fully saturated rings. The second kappa shape index (κ2) is 14.4. The van der Waals surface area contributed by atoms with E-state index in [1.165, 1.54) is 128 Å². The largest absolute Gasteiger partial charge is 0.311 e. The fourth-order valence-electron chi connectivity index (χ4n) is 14.2. The SMILES string of the molecule is CC(C)(C)c1ccc(N2c3ccc(C(C)(C)C)cc3B3c4cccc5c4N(c4ccccc4C54c5ccccc5-n5c6ccccc6c6cccc4c65)c4cc(-n5c6ccccc6c6ccccc65)cc2c43)cc1. The third kappa shape index (κ3) is 5.24. The lowest BCUT2D eigenvalue weighted by Crippen LogP contribution is -2.62. The van der Waals surface area contributed by atoms with E-state index in [1.54, 1.807) is 0 Å². The third-order valence-electron chi connectivity index (χ3n) is 17.4. The molecule has 2 aromatic heterocycles. The van der Waals surface area contributed by atoms with Crippen LogP contribution in [0.15, 0.2) is 212 Å². The Bertz CT molecular complexity index is 4370. The van der Waals surface area contributed by atoms with E-state index < -0.39 is 5.41 Å². The molecule has 4 aliphatic rings. The van der Waals surface area contributed by atoms with Gasteiger partial charge in [-0.1, -0.05) is 193 Å². The first-order valence-corrected chi connectivity index (χ1v) is 26.4. The van der Waals surface area contributed by atoms with Crippen LogP contribution in [0.2, 0.25) is 0 Å². The number of hydrogen-bond acceptors (Lipinski definition) is 2. The maximum Gasteiger partial charge on any atom is 0.252 e. The second-order valence-corrected chi connectivity index (χ2v) is 23.3. The first kappa shape index (κ1) is 42.0. The predicted molar refractivity (Wildman–Crippen MR) is 312 cm³/mol. The molecule has 12 aromatic rings. The summed E-state index contributed by atoms with van der Waals surface area (Å²) in [6.07, 6.45) is 0. The number of benzene rings is 10. The molecule has 4 aliphatic heterocycles. The molecule has 74 heavy (non-hydrogen) atoms. The van der Waals surface area contributed by atoms with Gasteiger partial charge in [0, 0.05) is 50.0 Å². The van der Waals surface area contributed by atoms with Gasteiger partial charge in [-0.25, -0.2) is 0 Å². The van der Waals surface area contributed by atoms with Gasteiger partial charge in [-0.05, 0) is 121 Å². The van der Waals surface area contributed by atoms with Crippen molar-refractivity contribution in [3.05, 3.63) is 246 Å². The number of nitrogens with zero attached hydrogens (tertiary/aromatic N) is 4. The van der Waals surface area contributed by atoms with Gasteiger partial charge in [0.2, 0.25) is 0 Å². The standard InChI is InChI=1S/C69H53BN4/c1-67(2,3)42-33-36-44(37-34-42)71-61-38-35-43(68(4,5)6)39-55(61)70-54-27-18-26-53-66(54)74(63-41-45(40-62(71)64(63)70)72-56-28-12-7-19-46(56)47-20-8-13-29-57(47)72)60-32-16-11-24-51(60)69(53)50-23-10-15-31-59(50)73-58-30-14-9-21-48(58)49-22-17-25-52(69)65(49)73/h7-41H,1-6H3. The summed E-state index contributed by atoms with van der Waals surface area (Å²) in [6, 6.07) is 81.7. The Morgan fingerprint density at radius 1 is 0.351 bits per heavy atom. The third-order valence-corrected chi connectivity index (χ3v) is 17.4. The quantitative estimate of drug-likeness (QED) is 0.161. The molecule has 5 heteroatoms. The van der Waals surface area contributed by atoms with Crippen molar-refractivity contribution in [2.75, 3.05) is 9.80 Å². The Kier molecular flexibility index (Phi) is 8.15.